The smallest absolute Gasteiger partial charge is 0.262 e. The van der Waals surface area contributed by atoms with Crippen LogP contribution in [0.4, 0.5) is 0 Å². The zero-order valence-corrected chi connectivity index (χ0v) is 21.1. The van der Waals surface area contributed by atoms with Crippen molar-refractivity contribution in [3.63, 3.8) is 0 Å². The number of fused-ring (bicyclic) bond motifs is 3. The van der Waals surface area contributed by atoms with E-state index < -0.39 is 0 Å². The largest absolute Gasteiger partial charge is 0.385 e. The van der Waals surface area contributed by atoms with Gasteiger partial charge in [-0.05, 0) is 50.8 Å². The average molecular weight is 494 g/mol. The van der Waals surface area contributed by atoms with Gasteiger partial charge in [0.05, 0.1) is 16.2 Å². The lowest BCUT2D eigenvalue weighted by atomic mass is 10.1. The Morgan fingerprint density at radius 3 is 2.60 bits per heavy atom. The van der Waals surface area contributed by atoms with E-state index in [2.05, 4.69) is 27.6 Å². The Morgan fingerprint density at radius 2 is 1.83 bits per heavy atom. The summed E-state index contributed by atoms with van der Waals surface area (Å²) in [5, 5.41) is 12.6. The van der Waals surface area contributed by atoms with Crippen LogP contribution < -0.4 is 10.9 Å². The number of aryl methyl sites for hydroxylation is 2. The maximum atomic E-state index is 13.1. The average Bonchev–Trinajstić information content (AvgIpc) is 3.29. The number of carbonyl (C=O) groups excluding carboxylic acids is 1. The van der Waals surface area contributed by atoms with Crippen LogP contribution in [0.1, 0.15) is 32.3 Å². The number of methoxy groups -OCH3 is 1. The second-order valence-electron chi connectivity index (χ2n) is 8.63. The van der Waals surface area contributed by atoms with Gasteiger partial charge in [0.25, 0.3) is 5.56 Å². The monoisotopic (exact) mass is 493 g/mol. The third-order valence-electron chi connectivity index (χ3n) is 5.96. The van der Waals surface area contributed by atoms with Gasteiger partial charge < -0.3 is 10.1 Å². The molecule has 8 nitrogen and oxygen atoms in total. The molecule has 2 heterocycles. The molecule has 35 heavy (non-hydrogen) atoms. The molecule has 4 rings (SSSR count). The summed E-state index contributed by atoms with van der Waals surface area (Å²) in [6.07, 6.45) is 2.45. The summed E-state index contributed by atoms with van der Waals surface area (Å²) in [6.45, 7) is 4.90. The summed E-state index contributed by atoms with van der Waals surface area (Å²) in [5.41, 5.74) is 1.88. The van der Waals surface area contributed by atoms with Crippen molar-refractivity contribution in [2.24, 2.45) is 0 Å². The van der Waals surface area contributed by atoms with Crippen molar-refractivity contribution < 1.29 is 9.53 Å². The van der Waals surface area contributed by atoms with Crippen LogP contribution in [0.25, 0.3) is 16.7 Å². The van der Waals surface area contributed by atoms with Gasteiger partial charge in [-0.1, -0.05) is 54.2 Å². The van der Waals surface area contributed by atoms with Crippen molar-refractivity contribution in [1.29, 1.82) is 0 Å². The molecular formula is C26H31N5O3S. The van der Waals surface area contributed by atoms with Crippen molar-refractivity contribution in [3.05, 3.63) is 70.5 Å². The maximum absolute atomic E-state index is 13.1. The van der Waals surface area contributed by atoms with Crippen LogP contribution in [0.5, 0.6) is 0 Å². The van der Waals surface area contributed by atoms with E-state index in [0.717, 1.165) is 18.4 Å². The fourth-order valence-electron chi connectivity index (χ4n) is 4.05. The van der Waals surface area contributed by atoms with Crippen LogP contribution in [0.2, 0.25) is 0 Å². The van der Waals surface area contributed by atoms with Crippen LogP contribution in [-0.4, -0.2) is 50.1 Å². The minimum Gasteiger partial charge on any atom is -0.385 e. The number of benzene rings is 2. The van der Waals surface area contributed by atoms with Crippen LogP contribution in [-0.2, 0) is 22.5 Å². The van der Waals surface area contributed by atoms with Gasteiger partial charge in [0.15, 0.2) is 5.16 Å². The van der Waals surface area contributed by atoms with E-state index in [1.165, 1.54) is 17.3 Å². The highest BCUT2D eigenvalue weighted by molar-refractivity contribution is 8.00. The third kappa shape index (κ3) is 5.74. The number of hydrogen-bond donors (Lipinski definition) is 1. The molecule has 0 aliphatic rings. The first kappa shape index (κ1) is 24.9. The van der Waals surface area contributed by atoms with Gasteiger partial charge in [0.1, 0.15) is 0 Å². The van der Waals surface area contributed by atoms with E-state index in [4.69, 9.17) is 4.74 Å². The van der Waals surface area contributed by atoms with Gasteiger partial charge in [0, 0.05) is 26.3 Å². The Kier molecular flexibility index (Phi) is 8.20. The first-order valence-electron chi connectivity index (χ1n) is 11.9. The second-order valence-corrected chi connectivity index (χ2v) is 9.94. The van der Waals surface area contributed by atoms with Gasteiger partial charge >= 0.3 is 0 Å². The highest BCUT2D eigenvalue weighted by Gasteiger charge is 2.22. The minimum atomic E-state index is -0.380. The Hall–Kier alpha value is -3.17. The van der Waals surface area contributed by atoms with E-state index in [0.29, 0.717) is 35.9 Å². The molecule has 0 radical (unpaired) electrons. The van der Waals surface area contributed by atoms with Gasteiger partial charge in [-0.2, -0.15) is 0 Å². The Bertz CT molecular complexity index is 1350. The number of para-hydroxylation sites is 1. The van der Waals surface area contributed by atoms with E-state index in [9.17, 15) is 9.59 Å². The molecular weight excluding hydrogens is 462 g/mol. The minimum absolute atomic E-state index is 0.0488. The van der Waals surface area contributed by atoms with Crippen molar-refractivity contribution in [2.45, 2.75) is 56.1 Å². The lowest BCUT2D eigenvalue weighted by Gasteiger charge is -2.17. The molecule has 0 saturated carbocycles. The van der Waals surface area contributed by atoms with Gasteiger partial charge in [-0.3, -0.25) is 18.6 Å². The van der Waals surface area contributed by atoms with E-state index in [-0.39, 0.29) is 22.8 Å². The molecule has 0 aliphatic carbocycles. The lowest BCUT2D eigenvalue weighted by molar-refractivity contribution is -0.120. The van der Waals surface area contributed by atoms with Crippen LogP contribution in [0.3, 0.4) is 0 Å². The number of ether oxygens (including phenoxy) is 1. The normalized spacial score (nSPS) is 13.2. The molecule has 184 valence electrons. The predicted octanol–water partition coefficient (Wildman–Crippen LogP) is 3.70. The highest BCUT2D eigenvalue weighted by atomic mass is 32.2. The number of rotatable bonds is 11. The number of nitrogens with zero attached hydrogens (tertiary/aromatic N) is 4. The topological polar surface area (TPSA) is 90.5 Å². The number of hydrogen-bond acceptors (Lipinski definition) is 6. The Labute approximate surface area is 208 Å². The van der Waals surface area contributed by atoms with Crippen LogP contribution in [0, 0.1) is 0 Å². The molecule has 0 aliphatic heterocycles. The van der Waals surface area contributed by atoms with E-state index >= 15 is 0 Å². The molecule has 4 aromatic rings. The summed E-state index contributed by atoms with van der Waals surface area (Å²) >= 11 is 1.34. The lowest BCUT2D eigenvalue weighted by Crippen LogP contribution is -2.38. The molecule has 1 amide bonds. The van der Waals surface area contributed by atoms with Crippen LogP contribution in [0.15, 0.2) is 64.5 Å². The summed E-state index contributed by atoms with van der Waals surface area (Å²) in [6, 6.07) is 17.7. The summed E-state index contributed by atoms with van der Waals surface area (Å²) < 4.78 is 8.66. The standard InChI is InChI=1S/C26H31N5O3S/c1-18(14-15-20-10-5-4-6-11-20)27-23(32)19(2)35-26-29-28-25-30(16-9-17-34-3)24(33)21-12-7-8-13-22(21)31(25)26/h4-8,10-13,18-19H,9,14-17H2,1-3H3,(H,27,32). The summed E-state index contributed by atoms with van der Waals surface area (Å²) in [5.74, 6) is 0.418. The molecule has 2 atom stereocenters. The Morgan fingerprint density at radius 1 is 1.09 bits per heavy atom. The Balaban J connectivity index is 1.52. The second kappa shape index (κ2) is 11.5. The molecule has 0 saturated heterocycles. The van der Waals surface area contributed by atoms with E-state index in [1.807, 2.05) is 60.7 Å². The number of amides is 1. The van der Waals surface area contributed by atoms with Crippen LogP contribution >= 0.6 is 11.8 Å². The van der Waals surface area contributed by atoms with Crippen molar-refractivity contribution in [2.75, 3.05) is 13.7 Å². The zero-order valence-electron chi connectivity index (χ0n) is 20.3. The number of thioether (sulfide) groups is 1. The molecule has 2 aromatic heterocycles. The summed E-state index contributed by atoms with van der Waals surface area (Å²) in [7, 11) is 1.64. The first-order chi connectivity index (χ1) is 17.0. The molecule has 9 heteroatoms. The number of carbonyl (C=O) groups is 1. The summed E-state index contributed by atoms with van der Waals surface area (Å²) in [4.78, 5) is 26.1. The van der Waals surface area contributed by atoms with Gasteiger partial charge in [-0.15, -0.1) is 10.2 Å². The molecule has 1 N–H and O–H groups in total. The molecule has 0 fully saturated rings. The maximum Gasteiger partial charge on any atom is 0.262 e. The zero-order chi connectivity index (χ0) is 24.8. The predicted molar refractivity (Wildman–Crippen MR) is 139 cm³/mol. The quantitative estimate of drug-likeness (QED) is 0.253. The molecule has 2 aromatic carbocycles. The third-order valence-corrected chi connectivity index (χ3v) is 7.00. The number of aromatic nitrogens is 4. The fourth-order valence-corrected chi connectivity index (χ4v) is 4.92. The first-order valence-corrected chi connectivity index (χ1v) is 12.7. The van der Waals surface area contributed by atoms with Gasteiger partial charge in [-0.25, -0.2) is 0 Å². The van der Waals surface area contributed by atoms with Crippen molar-refractivity contribution >= 4 is 34.3 Å². The molecule has 0 spiro atoms. The fraction of sp³-hybridized carbons (Fsp3) is 0.385. The SMILES string of the molecule is COCCCn1c(=O)c2ccccc2n2c(SC(C)C(=O)NC(C)CCc3ccccc3)nnc12. The van der Waals surface area contributed by atoms with Crippen molar-refractivity contribution in [1.82, 2.24) is 24.5 Å². The number of nitrogens with one attached hydrogen (secondary N) is 1. The highest BCUT2D eigenvalue weighted by Crippen LogP contribution is 2.25. The van der Waals surface area contributed by atoms with Crippen molar-refractivity contribution in [3.8, 4) is 0 Å². The molecule has 0 bridgehead atoms. The van der Waals surface area contributed by atoms with E-state index in [1.54, 1.807) is 11.7 Å². The molecule has 2 unspecified atom stereocenters. The van der Waals surface area contributed by atoms with Gasteiger partial charge in [0.2, 0.25) is 11.7 Å².